The summed E-state index contributed by atoms with van der Waals surface area (Å²) in [4.78, 5) is 0. The van der Waals surface area contributed by atoms with Crippen LogP contribution in [-0.2, 0) is 0 Å². The average molecular weight is 516 g/mol. The number of hydrogen-bond donors (Lipinski definition) is 0. The molecule has 0 N–H and O–H groups in total. The molecule has 0 amide bonds. The molecular formula is C36H53NO. The van der Waals surface area contributed by atoms with Gasteiger partial charge in [0.2, 0.25) is 0 Å². The van der Waals surface area contributed by atoms with Crippen molar-refractivity contribution in [1.82, 2.24) is 0 Å². The Morgan fingerprint density at radius 1 is 0.684 bits per heavy atom. The molecular weight excluding hydrogens is 462 g/mol. The van der Waals surface area contributed by atoms with Crippen LogP contribution in [-0.4, -0.2) is 6.61 Å². The van der Waals surface area contributed by atoms with Gasteiger partial charge >= 0.3 is 0 Å². The van der Waals surface area contributed by atoms with Gasteiger partial charge in [-0.3, -0.25) is 0 Å². The third-order valence-corrected chi connectivity index (χ3v) is 8.78. The van der Waals surface area contributed by atoms with E-state index < -0.39 is 0 Å². The number of benzene rings is 2. The Hall–Kier alpha value is -2.27. The summed E-state index contributed by atoms with van der Waals surface area (Å²) < 4.78 is 5.97. The van der Waals surface area contributed by atoms with Crippen molar-refractivity contribution in [3.63, 3.8) is 0 Å². The Kier molecular flexibility index (Phi) is 13.8. The Morgan fingerprint density at radius 3 is 1.74 bits per heavy atom. The van der Waals surface area contributed by atoms with Gasteiger partial charge in [0.15, 0.2) is 0 Å². The lowest BCUT2D eigenvalue weighted by Crippen LogP contribution is -2.25. The Labute approximate surface area is 234 Å². The maximum atomic E-state index is 9.97. The number of ether oxygens (including phenoxy) is 1. The summed E-state index contributed by atoms with van der Waals surface area (Å²) in [5, 5.41) is 9.97. The van der Waals surface area contributed by atoms with Gasteiger partial charge in [0.1, 0.15) is 5.75 Å². The van der Waals surface area contributed by atoms with Gasteiger partial charge in [-0.25, -0.2) is 0 Å². The van der Waals surface area contributed by atoms with E-state index in [2.05, 4.69) is 68.4 Å². The van der Waals surface area contributed by atoms with Gasteiger partial charge in [-0.1, -0.05) is 127 Å². The van der Waals surface area contributed by atoms with Gasteiger partial charge < -0.3 is 4.74 Å². The Morgan fingerprint density at radius 2 is 1.18 bits per heavy atom. The Bertz CT molecular complexity index is 915. The highest BCUT2D eigenvalue weighted by molar-refractivity contribution is 5.64. The summed E-state index contributed by atoms with van der Waals surface area (Å²) in [6, 6.07) is 20.5. The van der Waals surface area contributed by atoms with Crippen LogP contribution < -0.4 is 4.74 Å². The number of nitrogens with zero attached hydrogens (tertiary/aromatic N) is 1. The molecule has 1 aliphatic carbocycles. The molecule has 3 rings (SSSR count). The van der Waals surface area contributed by atoms with Crippen LogP contribution in [0.25, 0.3) is 11.1 Å². The van der Waals surface area contributed by atoms with E-state index in [1.165, 1.54) is 93.7 Å². The predicted octanol–water partition coefficient (Wildman–Crippen LogP) is 11.4. The molecule has 2 aromatic rings. The van der Waals surface area contributed by atoms with E-state index in [0.717, 1.165) is 50.9 Å². The minimum atomic E-state index is -0.0698. The average Bonchev–Trinajstić information content (AvgIpc) is 2.97. The minimum Gasteiger partial charge on any atom is -0.494 e. The van der Waals surface area contributed by atoms with Crippen LogP contribution in [0, 0.1) is 16.7 Å². The van der Waals surface area contributed by atoms with Crippen LogP contribution in [0.3, 0.4) is 0 Å². The van der Waals surface area contributed by atoms with Gasteiger partial charge in [0.05, 0.1) is 18.1 Å². The van der Waals surface area contributed by atoms with Crippen LogP contribution in [0.4, 0.5) is 0 Å². The van der Waals surface area contributed by atoms with E-state index in [1.807, 2.05) is 0 Å². The molecule has 0 aromatic heterocycles. The Balaban J connectivity index is 1.40. The molecule has 1 aliphatic rings. The standard InChI is InChI=1S/C36H53NO/c1-3-5-7-9-11-13-15-29-38-35-22-20-33(21-23-35)31-16-18-32(19-17-31)34-24-27-36(30-37,28-25-34)26-14-12-10-8-6-4-2/h16-23,34H,3-15,24-29H2,1-2H3/t34-,36-. The molecule has 2 heteroatoms. The number of unbranched alkanes of at least 4 members (excludes halogenated alkanes) is 11. The number of nitriles is 1. The number of hydrogen-bond acceptors (Lipinski definition) is 2. The van der Waals surface area contributed by atoms with Crippen LogP contribution in [0.5, 0.6) is 5.75 Å². The molecule has 2 aromatic carbocycles. The normalized spacial score (nSPS) is 19.2. The first kappa shape index (κ1) is 30.3. The first-order valence-electron chi connectivity index (χ1n) is 15.9. The summed E-state index contributed by atoms with van der Waals surface area (Å²) in [5.74, 6) is 1.57. The van der Waals surface area contributed by atoms with Crippen molar-refractivity contribution in [3.8, 4) is 22.9 Å². The van der Waals surface area contributed by atoms with E-state index in [-0.39, 0.29) is 5.41 Å². The molecule has 2 nitrogen and oxygen atoms in total. The highest BCUT2D eigenvalue weighted by Crippen LogP contribution is 2.46. The smallest absolute Gasteiger partial charge is 0.119 e. The fourth-order valence-electron chi connectivity index (χ4n) is 6.11. The van der Waals surface area contributed by atoms with E-state index in [1.54, 1.807) is 0 Å². The maximum Gasteiger partial charge on any atom is 0.119 e. The molecule has 1 saturated carbocycles. The molecule has 38 heavy (non-hydrogen) atoms. The van der Waals surface area contributed by atoms with Gasteiger partial charge in [-0.2, -0.15) is 5.26 Å². The van der Waals surface area contributed by atoms with E-state index in [9.17, 15) is 5.26 Å². The molecule has 208 valence electrons. The second kappa shape index (κ2) is 17.3. The van der Waals surface area contributed by atoms with Crippen LogP contribution in [0.1, 0.15) is 141 Å². The lowest BCUT2D eigenvalue weighted by atomic mass is 9.67. The van der Waals surface area contributed by atoms with Crippen molar-refractivity contribution < 1.29 is 4.74 Å². The topological polar surface area (TPSA) is 33.0 Å². The van der Waals surface area contributed by atoms with Gasteiger partial charge in [0, 0.05) is 0 Å². The molecule has 0 heterocycles. The van der Waals surface area contributed by atoms with Gasteiger partial charge in [0.25, 0.3) is 0 Å². The molecule has 0 spiro atoms. The summed E-state index contributed by atoms with van der Waals surface area (Å²) in [6.07, 6.45) is 22.5. The summed E-state index contributed by atoms with van der Waals surface area (Å²) in [5.41, 5.74) is 3.87. The molecule has 0 saturated heterocycles. The van der Waals surface area contributed by atoms with Crippen LogP contribution in [0.2, 0.25) is 0 Å². The van der Waals surface area contributed by atoms with Crippen molar-refractivity contribution in [3.05, 3.63) is 54.1 Å². The van der Waals surface area contributed by atoms with Crippen molar-refractivity contribution in [2.75, 3.05) is 6.61 Å². The van der Waals surface area contributed by atoms with Gasteiger partial charge in [-0.05, 0) is 73.3 Å². The predicted molar refractivity (Wildman–Crippen MR) is 163 cm³/mol. The zero-order valence-electron chi connectivity index (χ0n) is 24.5. The first-order valence-corrected chi connectivity index (χ1v) is 15.9. The molecule has 0 bridgehead atoms. The van der Waals surface area contributed by atoms with Gasteiger partial charge in [-0.15, -0.1) is 0 Å². The fraction of sp³-hybridized carbons (Fsp3) is 0.639. The third-order valence-electron chi connectivity index (χ3n) is 8.78. The molecule has 1 fully saturated rings. The zero-order chi connectivity index (χ0) is 26.9. The quantitative estimate of drug-likeness (QED) is 0.185. The number of rotatable bonds is 18. The lowest BCUT2D eigenvalue weighted by Gasteiger charge is -2.35. The SMILES string of the molecule is CCCCCCCCCOc1ccc(-c2ccc([C@H]3CC[C@@](C#N)(CCCCCCCC)CC3)cc2)cc1. The fourth-order valence-corrected chi connectivity index (χ4v) is 6.11. The van der Waals surface area contributed by atoms with Crippen molar-refractivity contribution in [2.24, 2.45) is 5.41 Å². The molecule has 0 aliphatic heterocycles. The van der Waals surface area contributed by atoms with Crippen molar-refractivity contribution in [2.45, 2.75) is 135 Å². The largest absolute Gasteiger partial charge is 0.494 e. The highest BCUT2D eigenvalue weighted by atomic mass is 16.5. The van der Waals surface area contributed by atoms with E-state index >= 15 is 0 Å². The third kappa shape index (κ3) is 10.1. The van der Waals surface area contributed by atoms with Crippen molar-refractivity contribution >= 4 is 0 Å². The molecule has 0 atom stereocenters. The van der Waals surface area contributed by atoms with Crippen LogP contribution >= 0.6 is 0 Å². The zero-order valence-corrected chi connectivity index (χ0v) is 24.5. The van der Waals surface area contributed by atoms with E-state index in [4.69, 9.17) is 4.74 Å². The first-order chi connectivity index (χ1) is 18.7. The van der Waals surface area contributed by atoms with E-state index in [0.29, 0.717) is 5.92 Å². The summed E-state index contributed by atoms with van der Waals surface area (Å²) >= 11 is 0. The van der Waals surface area contributed by atoms with Crippen LogP contribution in [0.15, 0.2) is 48.5 Å². The molecule has 0 unspecified atom stereocenters. The minimum absolute atomic E-state index is 0.0698. The maximum absolute atomic E-state index is 9.97. The monoisotopic (exact) mass is 515 g/mol. The summed E-state index contributed by atoms with van der Waals surface area (Å²) in [7, 11) is 0. The molecule has 0 radical (unpaired) electrons. The second-order valence-electron chi connectivity index (χ2n) is 11.8. The second-order valence-corrected chi connectivity index (χ2v) is 11.8. The summed E-state index contributed by atoms with van der Waals surface area (Å²) in [6.45, 7) is 5.35. The lowest BCUT2D eigenvalue weighted by molar-refractivity contribution is 0.223. The van der Waals surface area contributed by atoms with Crippen molar-refractivity contribution in [1.29, 1.82) is 5.26 Å². The highest BCUT2D eigenvalue weighted by Gasteiger charge is 2.35.